The van der Waals surface area contributed by atoms with Crippen molar-refractivity contribution < 1.29 is 19.5 Å². The lowest BCUT2D eigenvalue weighted by Crippen LogP contribution is -2.22. The van der Waals surface area contributed by atoms with Gasteiger partial charge in [-0.3, -0.25) is 9.59 Å². The van der Waals surface area contributed by atoms with E-state index in [0.29, 0.717) is 5.69 Å². The molecular weight excluding hydrogens is 388 g/mol. The van der Waals surface area contributed by atoms with Crippen molar-refractivity contribution in [1.29, 1.82) is 0 Å². The van der Waals surface area contributed by atoms with Crippen molar-refractivity contribution >= 4 is 40.9 Å². The minimum Gasteiger partial charge on any atom is -0.478 e. The van der Waals surface area contributed by atoms with E-state index >= 15 is 0 Å². The van der Waals surface area contributed by atoms with Gasteiger partial charge in [-0.05, 0) is 69.2 Å². The van der Waals surface area contributed by atoms with Gasteiger partial charge in [0.15, 0.2) is 0 Å². The van der Waals surface area contributed by atoms with Gasteiger partial charge in [-0.15, -0.1) is 11.8 Å². The van der Waals surface area contributed by atoms with Crippen molar-refractivity contribution in [2.24, 2.45) is 0 Å². The Balaban J connectivity index is 1.95. The normalized spacial score (nSPS) is 12.2. The molecule has 2 aromatic carbocycles. The monoisotopic (exact) mass is 412 g/mol. The molecule has 0 heterocycles. The van der Waals surface area contributed by atoms with Gasteiger partial charge in [0, 0.05) is 27.9 Å². The Kier molecular flexibility index (Phi) is 7.61. The molecular formula is C22H24N2O4S. The average molecular weight is 413 g/mol. The largest absolute Gasteiger partial charge is 0.478 e. The summed E-state index contributed by atoms with van der Waals surface area (Å²) >= 11 is 1.41. The van der Waals surface area contributed by atoms with Gasteiger partial charge in [0.1, 0.15) is 0 Å². The van der Waals surface area contributed by atoms with Crippen molar-refractivity contribution in [3.63, 3.8) is 0 Å². The Morgan fingerprint density at radius 2 is 1.69 bits per heavy atom. The van der Waals surface area contributed by atoms with E-state index in [2.05, 4.69) is 10.6 Å². The Labute approximate surface area is 174 Å². The first-order chi connectivity index (χ1) is 13.7. The van der Waals surface area contributed by atoms with Crippen molar-refractivity contribution in [3.8, 4) is 0 Å². The third-order valence-corrected chi connectivity index (χ3v) is 5.25. The van der Waals surface area contributed by atoms with Crippen molar-refractivity contribution in [2.45, 2.75) is 37.8 Å². The van der Waals surface area contributed by atoms with Crippen LogP contribution in [0.2, 0.25) is 0 Å². The molecule has 0 aliphatic carbocycles. The summed E-state index contributed by atoms with van der Waals surface area (Å²) in [7, 11) is 0. The maximum atomic E-state index is 12.5. The second-order valence-electron chi connectivity index (χ2n) is 6.71. The number of carbonyl (C=O) groups is 3. The predicted octanol–water partition coefficient (Wildman–Crippen LogP) is 4.39. The van der Waals surface area contributed by atoms with Crippen LogP contribution in [0.1, 0.15) is 25.0 Å². The number of carboxylic acids is 1. The summed E-state index contributed by atoms with van der Waals surface area (Å²) in [5, 5.41) is 14.1. The number of thioether (sulfide) groups is 1. The van der Waals surface area contributed by atoms with Gasteiger partial charge in [0.2, 0.25) is 11.8 Å². The predicted molar refractivity (Wildman–Crippen MR) is 116 cm³/mol. The fourth-order valence-corrected chi connectivity index (χ4v) is 3.28. The Morgan fingerprint density at radius 3 is 2.31 bits per heavy atom. The Hall–Kier alpha value is -3.06. The van der Waals surface area contributed by atoms with Crippen LogP contribution in [-0.4, -0.2) is 28.1 Å². The number of amides is 2. The number of carbonyl (C=O) groups excluding carboxylic acids is 2. The van der Waals surface area contributed by atoms with Crippen LogP contribution >= 0.6 is 11.8 Å². The van der Waals surface area contributed by atoms with Gasteiger partial charge in [-0.25, -0.2) is 4.79 Å². The first-order valence-electron chi connectivity index (χ1n) is 9.03. The van der Waals surface area contributed by atoms with Crippen LogP contribution in [0.25, 0.3) is 0 Å². The maximum absolute atomic E-state index is 12.5. The highest BCUT2D eigenvalue weighted by molar-refractivity contribution is 8.00. The molecule has 29 heavy (non-hydrogen) atoms. The standard InChI is InChI=1S/C22H24N2O4S/c1-13-5-6-14(2)19(11-13)24-21(26)16(4)29-18-9-7-17(8-10-18)23-20(25)12-15(3)22(27)28/h5-12,16H,1-4H3,(H,23,25)(H,24,26)(H,27,28)/b15-12+/t16-/m0/s1. The summed E-state index contributed by atoms with van der Waals surface area (Å²) in [6.45, 7) is 7.12. The third kappa shape index (κ3) is 6.80. The molecule has 6 nitrogen and oxygen atoms in total. The molecule has 2 rings (SSSR count). The van der Waals surface area contributed by atoms with E-state index < -0.39 is 11.9 Å². The number of aliphatic carboxylic acids is 1. The number of hydrogen-bond acceptors (Lipinski definition) is 4. The van der Waals surface area contributed by atoms with Gasteiger partial charge in [0.25, 0.3) is 0 Å². The van der Waals surface area contributed by atoms with E-state index in [1.165, 1.54) is 18.7 Å². The Bertz CT molecular complexity index is 952. The fourth-order valence-electron chi connectivity index (χ4n) is 2.42. The second-order valence-corrected chi connectivity index (χ2v) is 8.13. The number of hydrogen-bond donors (Lipinski definition) is 3. The fraction of sp³-hybridized carbons (Fsp3) is 0.227. The van der Waals surface area contributed by atoms with Gasteiger partial charge in [0.05, 0.1) is 5.25 Å². The highest BCUT2D eigenvalue weighted by Gasteiger charge is 2.15. The molecule has 0 saturated heterocycles. The number of rotatable bonds is 7. The highest BCUT2D eigenvalue weighted by Crippen LogP contribution is 2.26. The van der Waals surface area contributed by atoms with Gasteiger partial charge in [-0.2, -0.15) is 0 Å². The van der Waals surface area contributed by atoms with Crippen molar-refractivity contribution in [2.75, 3.05) is 10.6 Å². The van der Waals surface area contributed by atoms with Gasteiger partial charge in [-0.1, -0.05) is 12.1 Å². The van der Waals surface area contributed by atoms with Gasteiger partial charge >= 0.3 is 5.97 Å². The number of aryl methyl sites for hydroxylation is 2. The summed E-state index contributed by atoms with van der Waals surface area (Å²) in [5.41, 5.74) is 3.40. The summed E-state index contributed by atoms with van der Waals surface area (Å²) in [6.07, 6.45) is 1.03. The van der Waals surface area contributed by atoms with Crippen LogP contribution in [0.4, 0.5) is 11.4 Å². The Morgan fingerprint density at radius 1 is 1.03 bits per heavy atom. The quantitative estimate of drug-likeness (QED) is 0.463. The van der Waals surface area contributed by atoms with E-state index in [1.54, 1.807) is 24.3 Å². The van der Waals surface area contributed by atoms with Crippen molar-refractivity contribution in [3.05, 3.63) is 65.2 Å². The molecule has 0 spiro atoms. The summed E-state index contributed by atoms with van der Waals surface area (Å²) in [4.78, 5) is 35.9. The second kappa shape index (κ2) is 9.93. The van der Waals surface area contributed by atoms with E-state index in [0.717, 1.165) is 27.8 Å². The molecule has 0 aliphatic heterocycles. The summed E-state index contributed by atoms with van der Waals surface area (Å²) in [5.74, 6) is -1.73. The number of carboxylic acid groups (broad SMARTS) is 1. The molecule has 7 heteroatoms. The topological polar surface area (TPSA) is 95.5 Å². The molecule has 0 fully saturated rings. The molecule has 0 aliphatic rings. The van der Waals surface area contributed by atoms with E-state index in [1.807, 2.05) is 39.0 Å². The molecule has 0 bridgehead atoms. The third-order valence-electron chi connectivity index (χ3n) is 4.14. The van der Waals surface area contributed by atoms with Crippen LogP contribution in [0, 0.1) is 13.8 Å². The first kappa shape index (κ1) is 22.2. The van der Waals surface area contributed by atoms with Crippen LogP contribution in [0.15, 0.2) is 59.0 Å². The van der Waals surface area contributed by atoms with Crippen LogP contribution in [0.3, 0.4) is 0 Å². The number of nitrogens with one attached hydrogen (secondary N) is 2. The number of benzene rings is 2. The lowest BCUT2D eigenvalue weighted by atomic mass is 10.1. The molecule has 2 aromatic rings. The highest BCUT2D eigenvalue weighted by atomic mass is 32.2. The lowest BCUT2D eigenvalue weighted by Gasteiger charge is -2.14. The summed E-state index contributed by atoms with van der Waals surface area (Å²) < 4.78 is 0. The molecule has 0 radical (unpaired) electrons. The van der Waals surface area contributed by atoms with E-state index in [9.17, 15) is 14.4 Å². The summed E-state index contributed by atoms with van der Waals surface area (Å²) in [6, 6.07) is 12.9. The molecule has 0 aromatic heterocycles. The SMILES string of the molecule is C/C(=C\C(=O)Nc1ccc(S[C@@H](C)C(=O)Nc2cc(C)ccc2C)cc1)C(=O)O. The van der Waals surface area contributed by atoms with Crippen LogP contribution in [-0.2, 0) is 14.4 Å². The molecule has 152 valence electrons. The van der Waals surface area contributed by atoms with Crippen LogP contribution in [0.5, 0.6) is 0 Å². The van der Waals surface area contributed by atoms with Crippen molar-refractivity contribution in [1.82, 2.24) is 0 Å². The van der Waals surface area contributed by atoms with Gasteiger partial charge < -0.3 is 15.7 Å². The van der Waals surface area contributed by atoms with E-state index in [-0.39, 0.29) is 16.7 Å². The molecule has 0 saturated carbocycles. The average Bonchev–Trinajstić information content (AvgIpc) is 2.66. The minimum absolute atomic E-state index is 0.0432. The zero-order chi connectivity index (χ0) is 21.6. The van der Waals surface area contributed by atoms with Crippen LogP contribution < -0.4 is 10.6 Å². The number of anilines is 2. The minimum atomic E-state index is -1.14. The smallest absolute Gasteiger partial charge is 0.331 e. The van der Waals surface area contributed by atoms with E-state index in [4.69, 9.17) is 5.11 Å². The lowest BCUT2D eigenvalue weighted by molar-refractivity contribution is -0.132. The maximum Gasteiger partial charge on any atom is 0.331 e. The molecule has 0 unspecified atom stereocenters. The zero-order valence-corrected chi connectivity index (χ0v) is 17.6. The molecule has 1 atom stereocenters. The molecule has 2 amide bonds. The molecule has 3 N–H and O–H groups in total. The first-order valence-corrected chi connectivity index (χ1v) is 9.91. The zero-order valence-electron chi connectivity index (χ0n) is 16.8.